The van der Waals surface area contributed by atoms with Crippen molar-refractivity contribution >= 4 is 11.7 Å². The fourth-order valence-corrected chi connectivity index (χ4v) is 3.20. The Bertz CT molecular complexity index is 864. The third-order valence-corrected chi connectivity index (χ3v) is 4.60. The molecule has 0 spiro atoms. The largest absolute Gasteiger partial charge is 0.494 e. The van der Waals surface area contributed by atoms with Crippen molar-refractivity contribution in [3.63, 3.8) is 0 Å². The summed E-state index contributed by atoms with van der Waals surface area (Å²) in [6.45, 7) is 4.75. The molecule has 2 aromatic rings. The van der Waals surface area contributed by atoms with Crippen molar-refractivity contribution in [1.82, 2.24) is 5.32 Å². The van der Waals surface area contributed by atoms with Crippen molar-refractivity contribution in [2.75, 3.05) is 6.61 Å². The number of carbonyl (C=O) groups excluding carboxylic acids is 2. The van der Waals surface area contributed by atoms with Crippen LogP contribution in [0, 0.1) is 5.82 Å². The van der Waals surface area contributed by atoms with E-state index in [1.54, 1.807) is 0 Å². The Morgan fingerprint density at radius 2 is 1.96 bits per heavy atom. The summed E-state index contributed by atoms with van der Waals surface area (Å²) in [6, 6.07) is 9.21. The molecule has 3 rings (SSSR count). The minimum atomic E-state index is -0.396. The van der Waals surface area contributed by atoms with E-state index in [1.807, 2.05) is 26.0 Å². The molecule has 0 aliphatic carbocycles. The predicted molar refractivity (Wildman–Crippen MR) is 103 cm³/mol. The van der Waals surface area contributed by atoms with Crippen LogP contribution in [0.25, 0.3) is 0 Å². The highest BCUT2D eigenvalue weighted by Crippen LogP contribution is 2.35. The van der Waals surface area contributed by atoms with Gasteiger partial charge in [0.2, 0.25) is 5.91 Å². The average molecular weight is 385 g/mol. The van der Waals surface area contributed by atoms with Crippen molar-refractivity contribution in [1.29, 1.82) is 0 Å². The van der Waals surface area contributed by atoms with E-state index in [0.29, 0.717) is 18.7 Å². The molecule has 1 amide bonds. The van der Waals surface area contributed by atoms with Gasteiger partial charge in [-0.2, -0.15) is 0 Å². The average Bonchev–Trinajstić information content (AvgIpc) is 3.03. The SMILES string of the molecule is CCOc1cc2c(cc1CNC(=O)CCC(=O)c1ccc(F)cc1)O[C@H](C)C2. The van der Waals surface area contributed by atoms with E-state index in [1.165, 1.54) is 24.3 Å². The lowest BCUT2D eigenvalue weighted by Crippen LogP contribution is -2.23. The van der Waals surface area contributed by atoms with E-state index in [-0.39, 0.29) is 30.6 Å². The van der Waals surface area contributed by atoms with E-state index < -0.39 is 5.82 Å². The number of nitrogens with one attached hydrogen (secondary N) is 1. The van der Waals surface area contributed by atoms with Crippen LogP contribution < -0.4 is 14.8 Å². The summed E-state index contributed by atoms with van der Waals surface area (Å²) < 4.78 is 24.4. The number of ketones is 1. The van der Waals surface area contributed by atoms with Gasteiger partial charge in [0.25, 0.3) is 0 Å². The second kappa shape index (κ2) is 8.87. The number of Topliss-reactive ketones (excluding diaryl/α,β-unsaturated/α-hetero) is 1. The minimum absolute atomic E-state index is 0.0681. The number of amides is 1. The summed E-state index contributed by atoms with van der Waals surface area (Å²) in [5.41, 5.74) is 2.35. The highest BCUT2D eigenvalue weighted by Gasteiger charge is 2.22. The molecule has 0 saturated carbocycles. The quantitative estimate of drug-likeness (QED) is 0.702. The van der Waals surface area contributed by atoms with E-state index in [4.69, 9.17) is 9.47 Å². The number of fused-ring (bicyclic) bond motifs is 1. The third-order valence-electron chi connectivity index (χ3n) is 4.60. The van der Waals surface area contributed by atoms with Gasteiger partial charge < -0.3 is 14.8 Å². The second-order valence-corrected chi connectivity index (χ2v) is 6.84. The fourth-order valence-electron chi connectivity index (χ4n) is 3.20. The number of rotatable bonds is 8. The molecule has 0 radical (unpaired) electrons. The maximum absolute atomic E-state index is 12.9. The van der Waals surface area contributed by atoms with Gasteiger partial charge in [-0.25, -0.2) is 4.39 Å². The minimum Gasteiger partial charge on any atom is -0.494 e. The van der Waals surface area contributed by atoms with Crippen molar-refractivity contribution in [2.24, 2.45) is 0 Å². The van der Waals surface area contributed by atoms with Crippen LogP contribution in [0.1, 0.15) is 48.2 Å². The van der Waals surface area contributed by atoms with Crippen LogP contribution in [0.2, 0.25) is 0 Å². The Morgan fingerprint density at radius 3 is 2.68 bits per heavy atom. The highest BCUT2D eigenvalue weighted by atomic mass is 19.1. The topological polar surface area (TPSA) is 64.6 Å². The molecule has 0 bridgehead atoms. The third kappa shape index (κ3) is 4.88. The number of hydrogen-bond acceptors (Lipinski definition) is 4. The predicted octanol–water partition coefficient (Wildman–Crippen LogP) is 3.83. The molecule has 0 fully saturated rings. The molecule has 0 unspecified atom stereocenters. The molecule has 1 aliphatic rings. The lowest BCUT2D eigenvalue weighted by atomic mass is 10.1. The van der Waals surface area contributed by atoms with Crippen LogP contribution in [0.5, 0.6) is 11.5 Å². The lowest BCUT2D eigenvalue weighted by molar-refractivity contribution is -0.121. The summed E-state index contributed by atoms with van der Waals surface area (Å²) in [6.07, 6.45) is 1.11. The molecule has 0 aromatic heterocycles. The Hall–Kier alpha value is -2.89. The Labute approximate surface area is 163 Å². The molecule has 148 valence electrons. The van der Waals surface area contributed by atoms with Gasteiger partial charge in [0.1, 0.15) is 23.4 Å². The Kier molecular flexibility index (Phi) is 6.29. The second-order valence-electron chi connectivity index (χ2n) is 6.84. The van der Waals surface area contributed by atoms with Crippen LogP contribution in [0.4, 0.5) is 4.39 Å². The summed E-state index contributed by atoms with van der Waals surface area (Å²) in [5.74, 6) is 0.748. The first-order valence-corrected chi connectivity index (χ1v) is 9.47. The maximum atomic E-state index is 12.9. The van der Waals surface area contributed by atoms with E-state index in [2.05, 4.69) is 5.32 Å². The number of carbonyl (C=O) groups is 2. The molecule has 6 heteroatoms. The molecule has 28 heavy (non-hydrogen) atoms. The van der Waals surface area contributed by atoms with Gasteiger partial charge in [-0.1, -0.05) is 0 Å². The van der Waals surface area contributed by atoms with Gasteiger partial charge >= 0.3 is 0 Å². The smallest absolute Gasteiger partial charge is 0.220 e. The fraction of sp³-hybridized carbons (Fsp3) is 0.364. The van der Waals surface area contributed by atoms with Crippen LogP contribution in [-0.4, -0.2) is 24.4 Å². The highest BCUT2D eigenvalue weighted by molar-refractivity contribution is 5.97. The van der Waals surface area contributed by atoms with Crippen molar-refractivity contribution in [2.45, 2.75) is 45.8 Å². The summed E-state index contributed by atoms with van der Waals surface area (Å²) >= 11 is 0. The monoisotopic (exact) mass is 385 g/mol. The standard InChI is InChI=1S/C22H24FNO4/c1-3-27-20-11-16-10-14(2)28-21(16)12-17(20)13-24-22(26)9-8-19(25)15-4-6-18(23)7-5-15/h4-7,11-12,14H,3,8-10,13H2,1-2H3,(H,24,26)/t14-/m1/s1. The van der Waals surface area contributed by atoms with Crippen molar-refractivity contribution in [3.8, 4) is 11.5 Å². The first kappa shape index (κ1) is 19.9. The van der Waals surface area contributed by atoms with Gasteiger partial charge in [0.15, 0.2) is 5.78 Å². The number of ether oxygens (including phenoxy) is 2. The van der Waals surface area contributed by atoms with Gasteiger partial charge in [-0.15, -0.1) is 0 Å². The maximum Gasteiger partial charge on any atom is 0.220 e. The van der Waals surface area contributed by atoms with Gasteiger partial charge in [0.05, 0.1) is 6.61 Å². The number of halogens is 1. The molecule has 1 aliphatic heterocycles. The molecular weight excluding hydrogens is 361 g/mol. The summed E-state index contributed by atoms with van der Waals surface area (Å²) in [5, 5.41) is 2.83. The zero-order chi connectivity index (χ0) is 20.1. The molecule has 2 aromatic carbocycles. The van der Waals surface area contributed by atoms with Gasteiger partial charge in [-0.3, -0.25) is 9.59 Å². The van der Waals surface area contributed by atoms with Crippen LogP contribution >= 0.6 is 0 Å². The Balaban J connectivity index is 1.56. The normalized spacial score (nSPS) is 14.9. The van der Waals surface area contributed by atoms with E-state index in [0.717, 1.165) is 29.0 Å². The Morgan fingerprint density at radius 1 is 1.21 bits per heavy atom. The molecular formula is C22H24FNO4. The zero-order valence-electron chi connectivity index (χ0n) is 16.1. The van der Waals surface area contributed by atoms with Crippen LogP contribution in [0.3, 0.4) is 0 Å². The molecule has 1 atom stereocenters. The summed E-state index contributed by atoms with van der Waals surface area (Å²) in [7, 11) is 0. The summed E-state index contributed by atoms with van der Waals surface area (Å²) in [4.78, 5) is 24.3. The molecule has 0 saturated heterocycles. The first-order valence-electron chi connectivity index (χ1n) is 9.47. The first-order chi connectivity index (χ1) is 13.5. The lowest BCUT2D eigenvalue weighted by Gasteiger charge is -2.13. The number of benzene rings is 2. The zero-order valence-corrected chi connectivity index (χ0v) is 16.1. The van der Waals surface area contributed by atoms with E-state index in [9.17, 15) is 14.0 Å². The number of hydrogen-bond donors (Lipinski definition) is 1. The molecule has 5 nitrogen and oxygen atoms in total. The van der Waals surface area contributed by atoms with Gasteiger partial charge in [0, 0.05) is 42.5 Å². The van der Waals surface area contributed by atoms with Crippen LogP contribution in [-0.2, 0) is 17.8 Å². The van der Waals surface area contributed by atoms with Crippen LogP contribution in [0.15, 0.2) is 36.4 Å². The molecule has 1 N–H and O–H groups in total. The van der Waals surface area contributed by atoms with E-state index >= 15 is 0 Å². The van der Waals surface area contributed by atoms with Crippen molar-refractivity contribution < 1.29 is 23.5 Å². The van der Waals surface area contributed by atoms with Crippen molar-refractivity contribution in [3.05, 3.63) is 58.9 Å². The molecule has 1 heterocycles. The van der Waals surface area contributed by atoms with Gasteiger partial charge in [-0.05, 0) is 50.2 Å².